The molecule has 2 aromatic rings. The number of nitrogens with zero attached hydrogens (tertiary/aromatic N) is 2. The molecule has 0 amide bonds. The average molecular weight is 255 g/mol. The van der Waals surface area contributed by atoms with Gasteiger partial charge in [0.15, 0.2) is 0 Å². The van der Waals surface area contributed by atoms with Crippen molar-refractivity contribution in [3.05, 3.63) is 35.2 Å². The standard InChI is InChI=1S/C16H21N3/c1-4-9-19-12(3)16(11(2)18-19)14-6-5-13-7-8-17-15(13)10-14/h5-6,10,17H,4,7-9H2,1-3H3. The summed E-state index contributed by atoms with van der Waals surface area (Å²) in [5, 5.41) is 8.12. The Bertz CT molecular complexity index is 611. The molecule has 1 aromatic carbocycles. The molecule has 0 radical (unpaired) electrons. The van der Waals surface area contributed by atoms with Crippen molar-refractivity contribution in [1.82, 2.24) is 9.78 Å². The lowest BCUT2D eigenvalue weighted by Crippen LogP contribution is -2.01. The Morgan fingerprint density at radius 1 is 1.32 bits per heavy atom. The van der Waals surface area contributed by atoms with Gasteiger partial charge in [0.25, 0.3) is 0 Å². The van der Waals surface area contributed by atoms with Gasteiger partial charge in [-0.3, -0.25) is 4.68 Å². The first-order valence-corrected chi connectivity index (χ1v) is 7.12. The Labute approximate surface area is 114 Å². The van der Waals surface area contributed by atoms with Gasteiger partial charge in [0.1, 0.15) is 0 Å². The summed E-state index contributed by atoms with van der Waals surface area (Å²) in [5.41, 5.74) is 7.70. The number of anilines is 1. The molecule has 0 saturated carbocycles. The van der Waals surface area contributed by atoms with Gasteiger partial charge in [-0.15, -0.1) is 0 Å². The van der Waals surface area contributed by atoms with E-state index in [0.29, 0.717) is 0 Å². The summed E-state index contributed by atoms with van der Waals surface area (Å²) in [6.07, 6.45) is 2.26. The second-order valence-corrected chi connectivity index (χ2v) is 5.32. The van der Waals surface area contributed by atoms with Crippen LogP contribution in [0.3, 0.4) is 0 Å². The molecule has 3 heteroatoms. The van der Waals surface area contributed by atoms with Gasteiger partial charge in [0.05, 0.1) is 5.69 Å². The van der Waals surface area contributed by atoms with Crippen LogP contribution in [0.25, 0.3) is 11.1 Å². The van der Waals surface area contributed by atoms with Crippen molar-refractivity contribution in [3.63, 3.8) is 0 Å². The number of aryl methyl sites for hydroxylation is 2. The van der Waals surface area contributed by atoms with E-state index in [9.17, 15) is 0 Å². The maximum Gasteiger partial charge on any atom is 0.0674 e. The number of hydrogen-bond acceptors (Lipinski definition) is 2. The largest absolute Gasteiger partial charge is 0.384 e. The van der Waals surface area contributed by atoms with Crippen molar-refractivity contribution in [2.75, 3.05) is 11.9 Å². The molecule has 1 aliphatic heterocycles. The highest BCUT2D eigenvalue weighted by Crippen LogP contribution is 2.32. The van der Waals surface area contributed by atoms with E-state index in [1.165, 1.54) is 28.1 Å². The molecule has 0 unspecified atom stereocenters. The van der Waals surface area contributed by atoms with Crippen LogP contribution in [0.1, 0.15) is 30.3 Å². The van der Waals surface area contributed by atoms with Crippen LogP contribution in [0.4, 0.5) is 5.69 Å². The molecule has 19 heavy (non-hydrogen) atoms. The average Bonchev–Trinajstić information content (AvgIpc) is 2.95. The Hall–Kier alpha value is -1.77. The van der Waals surface area contributed by atoms with Crippen molar-refractivity contribution in [2.24, 2.45) is 0 Å². The Kier molecular flexibility index (Phi) is 3.05. The van der Waals surface area contributed by atoms with Crippen LogP contribution in [0.2, 0.25) is 0 Å². The fourth-order valence-electron chi connectivity index (χ4n) is 2.99. The van der Waals surface area contributed by atoms with Gasteiger partial charge < -0.3 is 5.32 Å². The van der Waals surface area contributed by atoms with E-state index in [1.807, 2.05) is 0 Å². The first kappa shape index (κ1) is 12.3. The third-order valence-electron chi connectivity index (χ3n) is 3.93. The summed E-state index contributed by atoms with van der Waals surface area (Å²) < 4.78 is 2.13. The normalized spacial score (nSPS) is 13.4. The quantitative estimate of drug-likeness (QED) is 0.909. The third kappa shape index (κ3) is 2.03. The van der Waals surface area contributed by atoms with Crippen molar-refractivity contribution >= 4 is 5.69 Å². The van der Waals surface area contributed by atoms with Gasteiger partial charge in [-0.05, 0) is 43.9 Å². The molecule has 0 spiro atoms. The summed E-state index contributed by atoms with van der Waals surface area (Å²) in [7, 11) is 0. The Balaban J connectivity index is 2.07. The van der Waals surface area contributed by atoms with E-state index < -0.39 is 0 Å². The highest BCUT2D eigenvalue weighted by atomic mass is 15.3. The summed E-state index contributed by atoms with van der Waals surface area (Å²) in [4.78, 5) is 0. The highest BCUT2D eigenvalue weighted by Gasteiger charge is 2.16. The molecule has 0 bridgehead atoms. The van der Waals surface area contributed by atoms with E-state index in [1.54, 1.807) is 0 Å². The van der Waals surface area contributed by atoms with Crippen molar-refractivity contribution in [1.29, 1.82) is 0 Å². The molecule has 0 saturated heterocycles. The summed E-state index contributed by atoms with van der Waals surface area (Å²) in [6.45, 7) is 8.53. The maximum atomic E-state index is 4.67. The van der Waals surface area contributed by atoms with Crippen molar-refractivity contribution < 1.29 is 0 Å². The molecule has 0 aliphatic carbocycles. The SMILES string of the molecule is CCCn1nc(C)c(-c2ccc3c(c2)NCC3)c1C. The minimum Gasteiger partial charge on any atom is -0.384 e. The minimum absolute atomic E-state index is 0.996. The molecule has 3 nitrogen and oxygen atoms in total. The predicted molar refractivity (Wildman–Crippen MR) is 79.6 cm³/mol. The predicted octanol–water partition coefficient (Wildman–Crippen LogP) is 3.54. The van der Waals surface area contributed by atoms with Gasteiger partial charge in [0.2, 0.25) is 0 Å². The Morgan fingerprint density at radius 2 is 2.16 bits per heavy atom. The maximum absolute atomic E-state index is 4.67. The first-order valence-electron chi connectivity index (χ1n) is 7.12. The number of nitrogens with one attached hydrogen (secondary N) is 1. The molecule has 0 fully saturated rings. The van der Waals surface area contributed by atoms with Crippen LogP contribution in [-0.2, 0) is 13.0 Å². The van der Waals surface area contributed by atoms with Crippen molar-refractivity contribution in [2.45, 2.75) is 40.2 Å². The number of aromatic nitrogens is 2. The molecule has 0 atom stereocenters. The molecule has 3 rings (SSSR count). The number of hydrogen-bond donors (Lipinski definition) is 1. The molecule has 100 valence electrons. The molecule has 1 aliphatic rings. The zero-order chi connectivity index (χ0) is 13.4. The van der Waals surface area contributed by atoms with E-state index >= 15 is 0 Å². The molecule has 2 heterocycles. The minimum atomic E-state index is 0.996. The fourth-order valence-corrected chi connectivity index (χ4v) is 2.99. The van der Waals surface area contributed by atoms with Gasteiger partial charge in [0, 0.05) is 30.0 Å². The molecule has 1 N–H and O–H groups in total. The topological polar surface area (TPSA) is 29.9 Å². The highest BCUT2D eigenvalue weighted by molar-refractivity contribution is 5.74. The van der Waals surface area contributed by atoms with E-state index in [4.69, 9.17) is 0 Å². The van der Waals surface area contributed by atoms with Crippen molar-refractivity contribution in [3.8, 4) is 11.1 Å². The summed E-state index contributed by atoms with van der Waals surface area (Å²) in [5.74, 6) is 0. The second kappa shape index (κ2) is 4.72. The summed E-state index contributed by atoms with van der Waals surface area (Å²) in [6, 6.07) is 6.76. The zero-order valence-corrected chi connectivity index (χ0v) is 12.0. The van der Waals surface area contributed by atoms with Gasteiger partial charge in [-0.1, -0.05) is 19.1 Å². The van der Waals surface area contributed by atoms with E-state index in [2.05, 4.69) is 54.1 Å². The number of fused-ring (bicyclic) bond motifs is 1. The van der Waals surface area contributed by atoms with Gasteiger partial charge in [-0.2, -0.15) is 5.10 Å². The number of benzene rings is 1. The smallest absolute Gasteiger partial charge is 0.0674 e. The van der Waals surface area contributed by atoms with Crippen LogP contribution in [0.15, 0.2) is 18.2 Å². The molecular weight excluding hydrogens is 234 g/mol. The van der Waals surface area contributed by atoms with Gasteiger partial charge >= 0.3 is 0 Å². The molecule has 1 aromatic heterocycles. The first-order chi connectivity index (χ1) is 9.20. The van der Waals surface area contributed by atoms with Gasteiger partial charge in [-0.25, -0.2) is 0 Å². The van der Waals surface area contributed by atoms with Crippen LogP contribution < -0.4 is 5.32 Å². The molecular formula is C16H21N3. The third-order valence-corrected chi connectivity index (χ3v) is 3.93. The lowest BCUT2D eigenvalue weighted by molar-refractivity contribution is 0.583. The zero-order valence-electron chi connectivity index (χ0n) is 12.0. The number of rotatable bonds is 3. The van der Waals surface area contributed by atoms with E-state index in [-0.39, 0.29) is 0 Å². The summed E-state index contributed by atoms with van der Waals surface area (Å²) >= 11 is 0. The van der Waals surface area contributed by atoms with Crippen LogP contribution >= 0.6 is 0 Å². The lowest BCUT2D eigenvalue weighted by atomic mass is 10.0. The lowest BCUT2D eigenvalue weighted by Gasteiger charge is -2.07. The van der Waals surface area contributed by atoms with E-state index in [0.717, 1.165) is 31.6 Å². The van der Waals surface area contributed by atoms with Crippen LogP contribution in [0.5, 0.6) is 0 Å². The van der Waals surface area contributed by atoms with Crippen LogP contribution in [0, 0.1) is 13.8 Å². The Morgan fingerprint density at radius 3 is 2.95 bits per heavy atom. The van der Waals surface area contributed by atoms with Crippen LogP contribution in [-0.4, -0.2) is 16.3 Å². The second-order valence-electron chi connectivity index (χ2n) is 5.32. The fraction of sp³-hybridized carbons (Fsp3) is 0.438. The monoisotopic (exact) mass is 255 g/mol.